The molecule has 0 bridgehead atoms. The first-order valence-electron chi connectivity index (χ1n) is 9.26. The van der Waals surface area contributed by atoms with Crippen LogP contribution in [0.15, 0.2) is 48.5 Å². The highest BCUT2D eigenvalue weighted by atomic mass is 32.1. The van der Waals surface area contributed by atoms with Crippen molar-refractivity contribution >= 4 is 28.3 Å². The van der Waals surface area contributed by atoms with E-state index in [1.54, 1.807) is 13.0 Å². The fraction of sp³-hybridized carbons (Fsp3) is 0.227. The van der Waals surface area contributed by atoms with Crippen LogP contribution in [-0.2, 0) is 6.42 Å². The Hall–Kier alpha value is -2.99. The molecule has 4 rings (SSSR count). The number of benzene rings is 2. The molecule has 0 saturated heterocycles. The van der Waals surface area contributed by atoms with Gasteiger partial charge in [0.25, 0.3) is 11.8 Å². The van der Waals surface area contributed by atoms with Gasteiger partial charge in [-0.3, -0.25) is 14.9 Å². The number of anilines is 1. The van der Waals surface area contributed by atoms with Gasteiger partial charge in [0.05, 0.1) is 11.7 Å². The van der Waals surface area contributed by atoms with Crippen LogP contribution in [0.2, 0.25) is 0 Å². The van der Waals surface area contributed by atoms with Crippen LogP contribution in [0.3, 0.4) is 0 Å². The summed E-state index contributed by atoms with van der Waals surface area (Å²) in [6.45, 7) is 3.68. The van der Waals surface area contributed by atoms with E-state index in [2.05, 4.69) is 27.8 Å². The number of nitrogens with zero attached hydrogens (tertiary/aromatic N) is 1. The quantitative estimate of drug-likeness (QED) is 0.691. The Balaban J connectivity index is 1.48. The molecule has 2 N–H and O–H groups in total. The van der Waals surface area contributed by atoms with Crippen LogP contribution in [0, 0.1) is 13.8 Å². The van der Waals surface area contributed by atoms with Gasteiger partial charge in [-0.2, -0.15) is 0 Å². The lowest BCUT2D eigenvalue weighted by Crippen LogP contribution is -2.26. The lowest BCUT2D eigenvalue weighted by atomic mass is 10.1. The molecule has 1 aliphatic rings. The van der Waals surface area contributed by atoms with Gasteiger partial charge in [-0.15, -0.1) is 0 Å². The molecule has 2 aromatic carbocycles. The highest BCUT2D eigenvalue weighted by Crippen LogP contribution is 2.32. The monoisotopic (exact) mass is 391 g/mol. The van der Waals surface area contributed by atoms with Crippen molar-refractivity contribution in [3.63, 3.8) is 0 Å². The van der Waals surface area contributed by atoms with E-state index in [1.165, 1.54) is 22.5 Å². The van der Waals surface area contributed by atoms with Gasteiger partial charge < -0.3 is 5.32 Å². The number of aromatic nitrogens is 1. The number of amides is 2. The molecule has 28 heavy (non-hydrogen) atoms. The largest absolute Gasteiger partial charge is 0.344 e. The number of nitrogens with one attached hydrogen (secondary N) is 2. The maximum absolute atomic E-state index is 12.8. The Morgan fingerprint density at radius 1 is 1.04 bits per heavy atom. The van der Waals surface area contributed by atoms with Crippen molar-refractivity contribution in [3.05, 3.63) is 81.4 Å². The molecule has 0 saturated carbocycles. The van der Waals surface area contributed by atoms with Crippen molar-refractivity contribution in [2.24, 2.45) is 0 Å². The van der Waals surface area contributed by atoms with Crippen LogP contribution in [0.5, 0.6) is 0 Å². The van der Waals surface area contributed by atoms with Crippen molar-refractivity contribution in [1.82, 2.24) is 10.3 Å². The Morgan fingerprint density at radius 2 is 1.79 bits per heavy atom. The van der Waals surface area contributed by atoms with E-state index in [0.29, 0.717) is 21.3 Å². The summed E-state index contributed by atoms with van der Waals surface area (Å²) in [6.07, 6.45) is 1.88. The second-order valence-corrected chi connectivity index (χ2v) is 7.97. The molecule has 1 atom stereocenters. The van der Waals surface area contributed by atoms with E-state index in [0.717, 1.165) is 18.4 Å². The van der Waals surface area contributed by atoms with E-state index < -0.39 is 0 Å². The second-order valence-electron chi connectivity index (χ2n) is 6.97. The minimum absolute atomic E-state index is 0.0233. The zero-order valence-electron chi connectivity index (χ0n) is 15.8. The van der Waals surface area contributed by atoms with Crippen LogP contribution in [0.25, 0.3) is 0 Å². The second kappa shape index (κ2) is 7.56. The Morgan fingerprint density at radius 3 is 2.61 bits per heavy atom. The SMILES string of the molecule is Cc1ccccc1C(=O)Nc1nc(C)c(C(=O)NC2CCc3ccccc32)s1. The van der Waals surface area contributed by atoms with Crippen molar-refractivity contribution in [2.75, 3.05) is 5.32 Å². The van der Waals surface area contributed by atoms with Crippen LogP contribution < -0.4 is 10.6 Å². The molecular weight excluding hydrogens is 370 g/mol. The van der Waals surface area contributed by atoms with Crippen LogP contribution in [-0.4, -0.2) is 16.8 Å². The van der Waals surface area contributed by atoms with Gasteiger partial charge in [0.15, 0.2) is 5.13 Å². The molecule has 142 valence electrons. The Bertz CT molecular complexity index is 1060. The van der Waals surface area contributed by atoms with Crippen molar-refractivity contribution in [2.45, 2.75) is 32.7 Å². The van der Waals surface area contributed by atoms with E-state index in [4.69, 9.17) is 0 Å². The summed E-state index contributed by atoms with van der Waals surface area (Å²) in [7, 11) is 0. The molecule has 0 radical (unpaired) electrons. The van der Waals surface area contributed by atoms with Crippen molar-refractivity contribution < 1.29 is 9.59 Å². The zero-order valence-corrected chi connectivity index (χ0v) is 16.6. The third-order valence-electron chi connectivity index (χ3n) is 5.05. The molecule has 1 aliphatic carbocycles. The van der Waals surface area contributed by atoms with Gasteiger partial charge in [-0.1, -0.05) is 53.8 Å². The smallest absolute Gasteiger partial charge is 0.263 e. The molecule has 1 heterocycles. The average Bonchev–Trinajstić information content (AvgIpc) is 3.25. The summed E-state index contributed by atoms with van der Waals surface area (Å²) < 4.78 is 0. The standard InChI is InChI=1S/C22H21N3O2S/c1-13-7-3-5-9-16(13)20(26)25-22-23-14(2)19(28-22)21(27)24-18-12-11-15-8-4-6-10-17(15)18/h3-10,18H,11-12H2,1-2H3,(H,24,27)(H,23,25,26). The summed E-state index contributed by atoms with van der Waals surface area (Å²) in [4.78, 5) is 30.2. The maximum atomic E-state index is 12.8. The van der Waals surface area contributed by atoms with Gasteiger partial charge in [0, 0.05) is 5.56 Å². The maximum Gasteiger partial charge on any atom is 0.263 e. The number of thiazole rings is 1. The molecule has 5 nitrogen and oxygen atoms in total. The minimum atomic E-state index is -0.219. The number of carbonyl (C=O) groups is 2. The van der Waals surface area contributed by atoms with Crippen molar-refractivity contribution in [1.29, 1.82) is 0 Å². The first-order valence-corrected chi connectivity index (χ1v) is 10.1. The van der Waals surface area contributed by atoms with Crippen LogP contribution in [0.1, 0.15) is 54.9 Å². The molecular formula is C22H21N3O2S. The molecule has 0 fully saturated rings. The molecule has 3 aromatic rings. The van der Waals surface area contributed by atoms with Gasteiger partial charge in [0.2, 0.25) is 0 Å². The third kappa shape index (κ3) is 3.55. The molecule has 2 amide bonds. The lowest BCUT2D eigenvalue weighted by Gasteiger charge is -2.13. The predicted molar refractivity (Wildman–Crippen MR) is 111 cm³/mol. The molecule has 6 heteroatoms. The number of carbonyl (C=O) groups excluding carboxylic acids is 2. The highest BCUT2D eigenvalue weighted by molar-refractivity contribution is 7.17. The number of aryl methyl sites for hydroxylation is 3. The lowest BCUT2D eigenvalue weighted by molar-refractivity contribution is 0.0939. The van der Waals surface area contributed by atoms with Gasteiger partial charge in [0.1, 0.15) is 4.88 Å². The average molecular weight is 391 g/mol. The fourth-order valence-electron chi connectivity index (χ4n) is 3.58. The van der Waals surface area contributed by atoms with E-state index >= 15 is 0 Å². The number of rotatable bonds is 4. The molecule has 1 unspecified atom stereocenters. The molecule has 1 aromatic heterocycles. The number of fused-ring (bicyclic) bond motifs is 1. The number of hydrogen-bond acceptors (Lipinski definition) is 4. The molecule has 0 spiro atoms. The first-order chi connectivity index (χ1) is 13.5. The Kier molecular flexibility index (Phi) is 4.96. The minimum Gasteiger partial charge on any atom is -0.344 e. The van der Waals surface area contributed by atoms with Gasteiger partial charge >= 0.3 is 0 Å². The fourth-order valence-corrected chi connectivity index (χ4v) is 4.45. The Labute approximate surface area is 167 Å². The topological polar surface area (TPSA) is 71.1 Å². The zero-order chi connectivity index (χ0) is 19.7. The van der Waals surface area contributed by atoms with E-state index in [1.807, 2.05) is 37.3 Å². The summed E-state index contributed by atoms with van der Waals surface area (Å²) in [5.74, 6) is -0.364. The first kappa shape index (κ1) is 18.4. The summed E-state index contributed by atoms with van der Waals surface area (Å²) >= 11 is 1.21. The summed E-state index contributed by atoms with van der Waals surface area (Å²) in [6, 6.07) is 15.6. The van der Waals surface area contributed by atoms with E-state index in [-0.39, 0.29) is 17.9 Å². The predicted octanol–water partition coefficient (Wildman–Crippen LogP) is 4.43. The van der Waals surface area contributed by atoms with E-state index in [9.17, 15) is 9.59 Å². The highest BCUT2D eigenvalue weighted by Gasteiger charge is 2.26. The summed E-state index contributed by atoms with van der Waals surface area (Å²) in [5.41, 5.74) is 4.59. The summed E-state index contributed by atoms with van der Waals surface area (Å²) in [5, 5.41) is 6.36. The normalized spacial score (nSPS) is 15.1. The molecule has 0 aliphatic heterocycles. The number of hydrogen-bond donors (Lipinski definition) is 2. The van der Waals surface area contributed by atoms with Gasteiger partial charge in [-0.05, 0) is 49.4 Å². The van der Waals surface area contributed by atoms with Crippen LogP contribution >= 0.6 is 11.3 Å². The van der Waals surface area contributed by atoms with Crippen LogP contribution in [0.4, 0.5) is 5.13 Å². The van der Waals surface area contributed by atoms with Crippen molar-refractivity contribution in [3.8, 4) is 0 Å². The third-order valence-corrected chi connectivity index (χ3v) is 6.12. The van der Waals surface area contributed by atoms with Gasteiger partial charge in [-0.25, -0.2) is 4.98 Å².